The molecule has 0 aliphatic carbocycles. The first-order valence-corrected chi connectivity index (χ1v) is 7.14. The Morgan fingerprint density at radius 3 is 2.30 bits per heavy atom. The molecule has 2 rings (SSSR count). The Hall–Kier alpha value is -1.52. The third-order valence-electron chi connectivity index (χ3n) is 2.88. The molecular weight excluding hydrogens is 340 g/mol. The Morgan fingerprint density at radius 2 is 1.80 bits per heavy atom. The minimum absolute atomic E-state index is 0.0160. The average Bonchev–Trinajstić information content (AvgIpc) is 2.33. The molecule has 0 amide bonds. The van der Waals surface area contributed by atoms with Crippen molar-refractivity contribution in [2.45, 2.75) is 13.8 Å². The van der Waals surface area contributed by atoms with Crippen LogP contribution in [0.5, 0.6) is 11.5 Å². The van der Waals surface area contributed by atoms with Gasteiger partial charge in [-0.15, -0.1) is 0 Å². The van der Waals surface area contributed by atoms with Crippen LogP contribution in [-0.2, 0) is 0 Å². The van der Waals surface area contributed by atoms with Gasteiger partial charge >= 0.3 is 0 Å². The molecule has 0 aliphatic heterocycles. The van der Waals surface area contributed by atoms with Crippen LogP contribution in [0.3, 0.4) is 0 Å². The quantitative estimate of drug-likeness (QED) is 0.615. The molecule has 0 saturated carbocycles. The Morgan fingerprint density at radius 1 is 1.20 bits per heavy atom. The Bertz CT molecular complexity index is 663. The number of rotatable bonds is 3. The van der Waals surface area contributed by atoms with Gasteiger partial charge in [-0.25, -0.2) is 0 Å². The summed E-state index contributed by atoms with van der Waals surface area (Å²) in [7, 11) is 0. The normalized spacial score (nSPS) is 10.4. The van der Waals surface area contributed by atoms with Crippen LogP contribution in [0.25, 0.3) is 0 Å². The summed E-state index contributed by atoms with van der Waals surface area (Å²) in [5, 5.41) is 8.15. The van der Waals surface area contributed by atoms with E-state index in [9.17, 15) is 0 Å². The summed E-state index contributed by atoms with van der Waals surface area (Å²) in [6, 6.07) is 9.06. The van der Waals surface area contributed by atoms with Crippen molar-refractivity contribution in [1.29, 1.82) is 5.41 Å². The lowest BCUT2D eigenvalue weighted by atomic mass is 10.1. The first-order valence-electron chi connectivity index (χ1n) is 5.97. The van der Waals surface area contributed by atoms with Crippen molar-refractivity contribution in [3.8, 4) is 11.5 Å². The molecule has 2 aromatic carbocycles. The van der Waals surface area contributed by atoms with Gasteiger partial charge in [0.2, 0.25) is 0 Å². The van der Waals surface area contributed by atoms with Crippen LogP contribution in [0.4, 0.5) is 0 Å². The number of ether oxygens (including phenoxy) is 1. The number of hydrogen-bond acceptors (Lipinski definition) is 2. The molecule has 20 heavy (non-hydrogen) atoms. The Kier molecular flexibility index (Phi) is 4.35. The lowest BCUT2D eigenvalue weighted by Gasteiger charge is -2.13. The highest BCUT2D eigenvalue weighted by molar-refractivity contribution is 9.10. The molecule has 0 atom stereocenters. The smallest absolute Gasteiger partial charge is 0.133 e. The van der Waals surface area contributed by atoms with Gasteiger partial charge in [0.15, 0.2) is 0 Å². The molecule has 0 bridgehead atoms. The van der Waals surface area contributed by atoms with Gasteiger partial charge in [0.1, 0.15) is 17.3 Å². The predicted molar refractivity (Wildman–Crippen MR) is 86.2 cm³/mol. The van der Waals surface area contributed by atoms with E-state index in [0.717, 1.165) is 21.3 Å². The molecule has 0 fully saturated rings. The summed E-state index contributed by atoms with van der Waals surface area (Å²) in [6.45, 7) is 3.90. The van der Waals surface area contributed by atoms with E-state index in [1.165, 1.54) is 0 Å². The van der Waals surface area contributed by atoms with Gasteiger partial charge in [-0.2, -0.15) is 0 Å². The number of nitrogen functional groups attached to an aromatic ring is 1. The zero-order chi connectivity index (χ0) is 14.9. The van der Waals surface area contributed by atoms with Gasteiger partial charge in [0.25, 0.3) is 0 Å². The first-order chi connectivity index (χ1) is 9.38. The molecule has 0 unspecified atom stereocenters. The maximum Gasteiger partial charge on any atom is 0.133 e. The van der Waals surface area contributed by atoms with Crippen LogP contribution in [0.15, 0.2) is 34.8 Å². The molecule has 0 saturated heterocycles. The number of hydrogen-bond donors (Lipinski definition) is 2. The molecule has 0 spiro atoms. The second kappa shape index (κ2) is 5.85. The van der Waals surface area contributed by atoms with E-state index < -0.39 is 0 Å². The van der Waals surface area contributed by atoms with Gasteiger partial charge in [-0.05, 0) is 71.2 Å². The summed E-state index contributed by atoms with van der Waals surface area (Å²) in [4.78, 5) is 0. The number of amidine groups is 1. The molecule has 3 nitrogen and oxygen atoms in total. The van der Waals surface area contributed by atoms with E-state index in [1.54, 1.807) is 18.2 Å². The molecular formula is C15H14BrClN2O. The average molecular weight is 354 g/mol. The number of halogens is 2. The third kappa shape index (κ3) is 3.14. The van der Waals surface area contributed by atoms with E-state index in [4.69, 9.17) is 27.5 Å². The molecule has 0 heterocycles. The molecule has 104 valence electrons. The van der Waals surface area contributed by atoms with Crippen molar-refractivity contribution in [2.24, 2.45) is 5.73 Å². The predicted octanol–water partition coefficient (Wildman–Crippen LogP) is 4.80. The molecule has 0 radical (unpaired) electrons. The highest BCUT2D eigenvalue weighted by Crippen LogP contribution is 2.33. The van der Waals surface area contributed by atoms with Crippen LogP contribution >= 0.6 is 27.5 Å². The second-order valence-corrected chi connectivity index (χ2v) is 5.82. The lowest BCUT2D eigenvalue weighted by molar-refractivity contribution is 0.475. The minimum atomic E-state index is 0.0160. The summed E-state index contributed by atoms with van der Waals surface area (Å²) in [5.74, 6) is 1.48. The van der Waals surface area contributed by atoms with E-state index in [0.29, 0.717) is 16.3 Å². The van der Waals surface area contributed by atoms with E-state index >= 15 is 0 Å². The molecule has 3 N–H and O–H groups in total. The Balaban J connectivity index is 2.36. The molecule has 0 aromatic heterocycles. The van der Waals surface area contributed by atoms with Gasteiger partial charge in [0, 0.05) is 15.1 Å². The summed E-state index contributed by atoms with van der Waals surface area (Å²) >= 11 is 9.39. The van der Waals surface area contributed by atoms with Crippen molar-refractivity contribution in [1.82, 2.24) is 0 Å². The number of nitrogens with one attached hydrogen (secondary N) is 1. The van der Waals surface area contributed by atoms with Crippen molar-refractivity contribution < 1.29 is 4.74 Å². The Labute approximate surface area is 131 Å². The summed E-state index contributed by atoms with van der Waals surface area (Å²) in [6.07, 6.45) is 0. The number of benzene rings is 2. The topological polar surface area (TPSA) is 59.1 Å². The zero-order valence-electron chi connectivity index (χ0n) is 11.1. The minimum Gasteiger partial charge on any atom is -0.457 e. The van der Waals surface area contributed by atoms with Crippen LogP contribution in [0, 0.1) is 19.3 Å². The van der Waals surface area contributed by atoms with Crippen molar-refractivity contribution in [3.63, 3.8) is 0 Å². The number of nitrogens with two attached hydrogens (primary N) is 1. The van der Waals surface area contributed by atoms with Crippen LogP contribution in [-0.4, -0.2) is 5.84 Å². The van der Waals surface area contributed by atoms with Crippen molar-refractivity contribution >= 4 is 33.4 Å². The van der Waals surface area contributed by atoms with Gasteiger partial charge in [-0.1, -0.05) is 11.6 Å². The van der Waals surface area contributed by atoms with E-state index in [1.807, 2.05) is 26.0 Å². The molecule has 5 heteroatoms. The van der Waals surface area contributed by atoms with Crippen molar-refractivity contribution in [3.05, 3.63) is 56.5 Å². The van der Waals surface area contributed by atoms with E-state index in [-0.39, 0.29) is 5.84 Å². The third-order valence-corrected chi connectivity index (χ3v) is 3.75. The fraction of sp³-hybridized carbons (Fsp3) is 0.133. The SMILES string of the molecule is Cc1cc(Cl)cc(C)c1Oc1ccc(C(=N)N)c(Br)c1. The monoisotopic (exact) mass is 352 g/mol. The maximum absolute atomic E-state index is 7.45. The summed E-state index contributed by atoms with van der Waals surface area (Å²) < 4.78 is 6.64. The molecule has 0 aliphatic rings. The van der Waals surface area contributed by atoms with Crippen molar-refractivity contribution in [2.75, 3.05) is 0 Å². The van der Waals surface area contributed by atoms with E-state index in [2.05, 4.69) is 15.9 Å². The maximum atomic E-state index is 7.45. The van der Waals surface area contributed by atoms with Gasteiger partial charge < -0.3 is 10.5 Å². The summed E-state index contributed by atoms with van der Waals surface area (Å²) in [5.41, 5.74) is 8.07. The fourth-order valence-corrected chi connectivity index (χ4v) is 2.85. The van der Waals surface area contributed by atoms with Crippen LogP contribution in [0.2, 0.25) is 5.02 Å². The largest absolute Gasteiger partial charge is 0.457 e. The standard InChI is InChI=1S/C15H14BrClN2O/c1-8-5-10(17)6-9(2)14(8)20-11-3-4-12(15(18)19)13(16)7-11/h3-7H,1-2H3,(H3,18,19). The van der Waals surface area contributed by atoms with Gasteiger partial charge in [-0.3, -0.25) is 5.41 Å². The zero-order valence-corrected chi connectivity index (χ0v) is 13.5. The van der Waals surface area contributed by atoms with Crippen LogP contribution < -0.4 is 10.5 Å². The first kappa shape index (κ1) is 14.9. The highest BCUT2D eigenvalue weighted by atomic mass is 79.9. The van der Waals surface area contributed by atoms with Crippen LogP contribution in [0.1, 0.15) is 16.7 Å². The second-order valence-electron chi connectivity index (χ2n) is 4.53. The molecule has 2 aromatic rings. The number of aryl methyl sites for hydroxylation is 2. The lowest BCUT2D eigenvalue weighted by Crippen LogP contribution is -2.11. The highest BCUT2D eigenvalue weighted by Gasteiger charge is 2.09. The van der Waals surface area contributed by atoms with Gasteiger partial charge in [0.05, 0.1) is 0 Å². The fourth-order valence-electron chi connectivity index (χ4n) is 1.95.